The van der Waals surface area contributed by atoms with E-state index >= 15 is 0 Å². The molecule has 8 nitrogen and oxygen atoms in total. The maximum atomic E-state index is 12.7. The van der Waals surface area contributed by atoms with Crippen LogP contribution in [0.5, 0.6) is 0 Å². The summed E-state index contributed by atoms with van der Waals surface area (Å²) in [5.41, 5.74) is 0.903. The Labute approximate surface area is 170 Å². The zero-order valence-corrected chi connectivity index (χ0v) is 16.9. The molecule has 2 atom stereocenters. The number of carbonyl (C=O) groups is 2. The molecular formula is C20H21N3O5S. The molecule has 1 aliphatic rings. The van der Waals surface area contributed by atoms with Gasteiger partial charge in [0.1, 0.15) is 11.4 Å². The molecule has 3 heterocycles. The Balaban J connectivity index is 1.45. The van der Waals surface area contributed by atoms with Crippen molar-refractivity contribution >= 4 is 33.4 Å². The molecule has 0 fully saturated rings. The average Bonchev–Trinajstić information content (AvgIpc) is 3.33. The summed E-state index contributed by atoms with van der Waals surface area (Å²) >= 11 is 1.54. The molecule has 2 N–H and O–H groups in total. The molecule has 9 heteroatoms. The summed E-state index contributed by atoms with van der Waals surface area (Å²) in [7, 11) is 0. The van der Waals surface area contributed by atoms with Gasteiger partial charge < -0.3 is 19.5 Å². The second kappa shape index (κ2) is 7.82. The highest BCUT2D eigenvalue weighted by atomic mass is 32.1. The monoisotopic (exact) mass is 415 g/mol. The summed E-state index contributed by atoms with van der Waals surface area (Å²) in [5, 5.41) is 3.08. The predicted molar refractivity (Wildman–Crippen MR) is 107 cm³/mol. The number of nitrogens with one attached hydrogen (secondary N) is 2. The van der Waals surface area contributed by atoms with Gasteiger partial charge in [-0.05, 0) is 49.8 Å². The maximum Gasteiger partial charge on any atom is 0.326 e. The van der Waals surface area contributed by atoms with E-state index in [0.29, 0.717) is 22.0 Å². The summed E-state index contributed by atoms with van der Waals surface area (Å²) < 4.78 is 10.3. The first-order valence-corrected chi connectivity index (χ1v) is 10.3. The lowest BCUT2D eigenvalue weighted by atomic mass is 9.89. The summed E-state index contributed by atoms with van der Waals surface area (Å²) in [6, 6.07) is 3.07. The molecule has 0 saturated heterocycles. The number of thiophene rings is 1. The van der Waals surface area contributed by atoms with E-state index in [4.69, 9.17) is 9.15 Å². The second-order valence-electron chi connectivity index (χ2n) is 7.28. The van der Waals surface area contributed by atoms with Gasteiger partial charge in [-0.15, -0.1) is 11.3 Å². The number of ether oxygens (including phenoxy) is 1. The van der Waals surface area contributed by atoms with Crippen LogP contribution in [0.1, 0.15) is 53.2 Å². The van der Waals surface area contributed by atoms with Crippen molar-refractivity contribution in [3.05, 3.63) is 50.8 Å². The third kappa shape index (κ3) is 3.95. The number of H-pyrrole nitrogens is 1. The van der Waals surface area contributed by atoms with Gasteiger partial charge in [0.25, 0.3) is 11.5 Å². The molecule has 0 radical (unpaired) electrons. The number of nitrogens with zero attached hydrogens (tertiary/aromatic N) is 1. The first-order valence-electron chi connectivity index (χ1n) is 9.48. The Morgan fingerprint density at radius 2 is 2.31 bits per heavy atom. The Hall–Kier alpha value is -2.94. The van der Waals surface area contributed by atoms with Crippen molar-refractivity contribution in [1.82, 2.24) is 15.3 Å². The van der Waals surface area contributed by atoms with Crippen LogP contribution in [0.25, 0.3) is 10.2 Å². The van der Waals surface area contributed by atoms with E-state index in [1.54, 1.807) is 24.3 Å². The molecule has 0 aliphatic heterocycles. The van der Waals surface area contributed by atoms with Crippen molar-refractivity contribution < 1.29 is 18.7 Å². The van der Waals surface area contributed by atoms with Gasteiger partial charge in [0.05, 0.1) is 11.6 Å². The number of hydrogen-bond donors (Lipinski definition) is 2. The Morgan fingerprint density at radius 1 is 1.48 bits per heavy atom. The van der Waals surface area contributed by atoms with Crippen molar-refractivity contribution in [2.24, 2.45) is 5.92 Å². The van der Waals surface area contributed by atoms with Crippen LogP contribution in [-0.4, -0.2) is 28.4 Å². The minimum Gasteiger partial charge on any atom is -0.459 e. The van der Waals surface area contributed by atoms with Gasteiger partial charge in [-0.25, -0.2) is 4.98 Å². The van der Waals surface area contributed by atoms with Crippen molar-refractivity contribution in [1.29, 1.82) is 0 Å². The highest BCUT2D eigenvalue weighted by molar-refractivity contribution is 7.18. The normalized spacial score (nSPS) is 17.0. The van der Waals surface area contributed by atoms with E-state index in [1.807, 2.05) is 0 Å². The number of hydrogen-bond acceptors (Lipinski definition) is 7. The number of aromatic amines is 1. The summed E-state index contributed by atoms with van der Waals surface area (Å²) in [6.07, 6.45) is 3.54. The van der Waals surface area contributed by atoms with Gasteiger partial charge in [-0.3, -0.25) is 14.4 Å². The molecule has 1 amide bonds. The summed E-state index contributed by atoms with van der Waals surface area (Å²) in [4.78, 5) is 45.7. The number of aromatic nitrogens is 2. The van der Waals surface area contributed by atoms with Crippen LogP contribution in [0.2, 0.25) is 0 Å². The molecule has 152 valence electrons. The Morgan fingerprint density at radius 3 is 3.07 bits per heavy atom. The van der Waals surface area contributed by atoms with Crippen molar-refractivity contribution in [3.8, 4) is 0 Å². The average molecular weight is 415 g/mol. The molecule has 4 rings (SSSR count). The topological polar surface area (TPSA) is 114 Å². The largest absolute Gasteiger partial charge is 0.459 e. The van der Waals surface area contributed by atoms with Crippen LogP contribution in [0.3, 0.4) is 0 Å². The number of amides is 1. The van der Waals surface area contributed by atoms with Crippen LogP contribution in [-0.2, 0) is 22.4 Å². The highest BCUT2D eigenvalue weighted by Crippen LogP contribution is 2.35. The number of carbonyl (C=O) groups excluding carboxylic acids is 2. The van der Waals surface area contributed by atoms with Crippen molar-refractivity contribution in [2.45, 2.75) is 39.2 Å². The van der Waals surface area contributed by atoms with Gasteiger partial charge in [-0.2, -0.15) is 0 Å². The van der Waals surface area contributed by atoms with Crippen LogP contribution in [0.4, 0.5) is 0 Å². The second-order valence-corrected chi connectivity index (χ2v) is 8.36. The smallest absolute Gasteiger partial charge is 0.326 e. The third-order valence-electron chi connectivity index (χ3n) is 5.02. The van der Waals surface area contributed by atoms with Gasteiger partial charge in [0.2, 0.25) is 0 Å². The predicted octanol–water partition coefficient (Wildman–Crippen LogP) is 2.74. The van der Waals surface area contributed by atoms with Crippen LogP contribution in [0, 0.1) is 5.92 Å². The lowest BCUT2D eigenvalue weighted by Gasteiger charge is -2.17. The van der Waals surface area contributed by atoms with E-state index < -0.39 is 18.0 Å². The molecule has 3 aromatic rings. The van der Waals surface area contributed by atoms with Crippen LogP contribution in [0.15, 0.2) is 27.6 Å². The van der Waals surface area contributed by atoms with Crippen LogP contribution >= 0.6 is 11.3 Å². The van der Waals surface area contributed by atoms with E-state index in [9.17, 15) is 14.4 Å². The number of rotatable bonds is 5. The van der Waals surface area contributed by atoms with E-state index in [2.05, 4.69) is 22.2 Å². The standard InChI is InChI=1S/C20H21N3O5S/c1-10-5-6-12-14(8-10)29-20-16(12)19(26)22-17(23-20)11(2)28-15(24)9-21-18(25)13-4-3-7-27-13/h3-4,7,10-11H,5-6,8-9H2,1-2H3,(H,21,25)(H,22,23,26)/t10-,11-/m1/s1. The molecule has 0 unspecified atom stereocenters. The van der Waals surface area contributed by atoms with E-state index in [1.165, 1.54) is 17.2 Å². The van der Waals surface area contributed by atoms with Gasteiger partial charge in [-0.1, -0.05) is 6.92 Å². The molecule has 1 aliphatic carbocycles. The minimum atomic E-state index is -0.752. The number of aryl methyl sites for hydroxylation is 1. The SMILES string of the molecule is C[C@@H]1CCc2c(sc3nc([C@@H](C)OC(=O)CNC(=O)c4ccco4)[nH]c(=O)c23)C1. The summed E-state index contributed by atoms with van der Waals surface area (Å²) in [5.74, 6) is -0.145. The number of fused-ring (bicyclic) bond motifs is 3. The first kappa shape index (κ1) is 19.4. The molecule has 0 saturated carbocycles. The Kier molecular flexibility index (Phi) is 5.23. The Bertz CT molecular complexity index is 1120. The number of furan rings is 1. The lowest BCUT2D eigenvalue weighted by Crippen LogP contribution is -2.31. The van der Waals surface area contributed by atoms with E-state index in [-0.39, 0.29) is 17.9 Å². The van der Waals surface area contributed by atoms with Crippen molar-refractivity contribution in [2.75, 3.05) is 6.54 Å². The van der Waals surface area contributed by atoms with Gasteiger partial charge >= 0.3 is 5.97 Å². The molecule has 0 aromatic carbocycles. The van der Waals surface area contributed by atoms with Crippen molar-refractivity contribution in [3.63, 3.8) is 0 Å². The fraction of sp³-hybridized carbons (Fsp3) is 0.400. The fourth-order valence-electron chi connectivity index (χ4n) is 3.50. The third-order valence-corrected chi connectivity index (χ3v) is 6.16. The highest BCUT2D eigenvalue weighted by Gasteiger charge is 2.24. The molecule has 0 bridgehead atoms. The molecular weight excluding hydrogens is 394 g/mol. The van der Waals surface area contributed by atoms with Gasteiger partial charge in [0.15, 0.2) is 17.7 Å². The first-order chi connectivity index (χ1) is 13.9. The molecule has 3 aromatic heterocycles. The lowest BCUT2D eigenvalue weighted by molar-refractivity contribution is -0.147. The summed E-state index contributed by atoms with van der Waals surface area (Å²) in [6.45, 7) is 3.52. The maximum absolute atomic E-state index is 12.7. The number of esters is 1. The zero-order chi connectivity index (χ0) is 20.5. The van der Waals surface area contributed by atoms with Crippen LogP contribution < -0.4 is 10.9 Å². The molecule has 0 spiro atoms. The quantitative estimate of drug-likeness (QED) is 0.619. The van der Waals surface area contributed by atoms with E-state index in [0.717, 1.165) is 24.8 Å². The fourth-order valence-corrected chi connectivity index (χ4v) is 4.89. The minimum absolute atomic E-state index is 0.110. The molecule has 29 heavy (non-hydrogen) atoms. The van der Waals surface area contributed by atoms with Gasteiger partial charge in [0, 0.05) is 4.88 Å². The zero-order valence-electron chi connectivity index (χ0n) is 16.1.